The average molecular weight is 309 g/mol. The lowest BCUT2D eigenvalue weighted by Gasteiger charge is -2.31. The van der Waals surface area contributed by atoms with Crippen molar-refractivity contribution in [1.82, 2.24) is 9.88 Å². The highest BCUT2D eigenvalue weighted by atomic mass is 16.6. The van der Waals surface area contributed by atoms with Crippen molar-refractivity contribution in [3.8, 4) is 17.9 Å². The fraction of sp³-hybridized carbons (Fsp3) is 0.389. The number of hydrogen-bond donors (Lipinski definition) is 0. The molecule has 0 atom stereocenters. The molecular weight excluding hydrogens is 290 g/mol. The molecule has 0 aromatic carbocycles. The molecule has 0 saturated carbocycles. The molecule has 1 aliphatic heterocycles. The molecule has 0 unspecified atom stereocenters. The number of nitrogens with zero attached hydrogens (tertiary/aromatic N) is 3. The quantitative estimate of drug-likeness (QED) is 0.748. The van der Waals surface area contributed by atoms with Gasteiger partial charge in [-0.1, -0.05) is 5.92 Å². The van der Waals surface area contributed by atoms with E-state index in [9.17, 15) is 4.79 Å². The van der Waals surface area contributed by atoms with Crippen molar-refractivity contribution in [2.75, 3.05) is 13.2 Å². The zero-order valence-electron chi connectivity index (χ0n) is 13.6. The molecule has 1 aliphatic rings. The van der Waals surface area contributed by atoms with Gasteiger partial charge in [-0.2, -0.15) is 5.26 Å². The summed E-state index contributed by atoms with van der Waals surface area (Å²) in [4.78, 5) is 17.8. The highest BCUT2D eigenvalue weighted by Crippen LogP contribution is 2.34. The summed E-state index contributed by atoms with van der Waals surface area (Å²) >= 11 is 0. The number of pyridine rings is 1. The molecule has 0 spiro atoms. The van der Waals surface area contributed by atoms with Gasteiger partial charge in [0.25, 0.3) is 0 Å². The van der Waals surface area contributed by atoms with Crippen LogP contribution in [0.25, 0.3) is 0 Å². The first-order valence-corrected chi connectivity index (χ1v) is 7.50. The molecule has 5 heteroatoms. The molecule has 0 bridgehead atoms. The van der Waals surface area contributed by atoms with Crippen LogP contribution in [0.15, 0.2) is 30.0 Å². The van der Waals surface area contributed by atoms with Crippen LogP contribution in [0.3, 0.4) is 0 Å². The van der Waals surface area contributed by atoms with Gasteiger partial charge in [0, 0.05) is 12.7 Å². The maximum absolute atomic E-state index is 12.0. The molecule has 23 heavy (non-hydrogen) atoms. The van der Waals surface area contributed by atoms with E-state index >= 15 is 0 Å². The summed E-state index contributed by atoms with van der Waals surface area (Å²) in [6.07, 6.45) is 3.88. The van der Waals surface area contributed by atoms with Crippen LogP contribution in [0.1, 0.15) is 38.4 Å². The minimum absolute atomic E-state index is 0.294. The van der Waals surface area contributed by atoms with Crippen molar-refractivity contribution in [2.24, 2.45) is 0 Å². The fourth-order valence-corrected chi connectivity index (χ4v) is 2.53. The van der Waals surface area contributed by atoms with Crippen molar-refractivity contribution < 1.29 is 9.53 Å². The van der Waals surface area contributed by atoms with Gasteiger partial charge in [0.1, 0.15) is 5.69 Å². The van der Waals surface area contributed by atoms with Gasteiger partial charge >= 0.3 is 6.09 Å². The van der Waals surface area contributed by atoms with Crippen molar-refractivity contribution >= 4 is 6.09 Å². The Labute approximate surface area is 136 Å². The van der Waals surface area contributed by atoms with Crippen molar-refractivity contribution in [2.45, 2.75) is 32.7 Å². The number of ether oxygens (including phenoxy) is 1. The van der Waals surface area contributed by atoms with Crippen molar-refractivity contribution in [3.05, 3.63) is 41.2 Å². The molecule has 2 rings (SSSR count). The number of carbonyl (C=O) groups excluding carboxylic acids is 1. The van der Waals surface area contributed by atoms with Crippen LogP contribution in [-0.4, -0.2) is 34.7 Å². The van der Waals surface area contributed by atoms with E-state index in [1.165, 1.54) is 0 Å². The predicted molar refractivity (Wildman–Crippen MR) is 86.3 cm³/mol. The van der Waals surface area contributed by atoms with E-state index < -0.39 is 5.54 Å². The van der Waals surface area contributed by atoms with E-state index in [1.54, 1.807) is 30.2 Å². The second-order valence-corrected chi connectivity index (χ2v) is 5.64. The lowest BCUT2D eigenvalue weighted by atomic mass is 9.95. The molecule has 1 fully saturated rings. The smallest absolute Gasteiger partial charge is 0.410 e. The molecule has 5 nitrogen and oxygen atoms in total. The second-order valence-electron chi connectivity index (χ2n) is 5.64. The summed E-state index contributed by atoms with van der Waals surface area (Å²) in [5.41, 5.74) is 1.75. The maximum atomic E-state index is 12.0. The number of rotatable bonds is 1. The Morgan fingerprint density at radius 2 is 2.35 bits per heavy atom. The molecule has 118 valence electrons. The Morgan fingerprint density at radius 3 is 3.04 bits per heavy atom. The Balaban J connectivity index is 2.17. The Kier molecular flexibility index (Phi) is 5.03. The molecule has 1 aromatic rings. The third-order valence-corrected chi connectivity index (χ3v) is 3.89. The van der Waals surface area contributed by atoms with E-state index in [0.717, 1.165) is 12.0 Å². The summed E-state index contributed by atoms with van der Waals surface area (Å²) in [5.74, 6) is 5.91. The van der Waals surface area contributed by atoms with E-state index in [4.69, 9.17) is 10.00 Å². The van der Waals surface area contributed by atoms with E-state index in [-0.39, 0.29) is 6.09 Å². The number of aromatic nitrogens is 1. The van der Waals surface area contributed by atoms with Gasteiger partial charge in [-0.15, -0.1) is 0 Å². The highest BCUT2D eigenvalue weighted by Gasteiger charge is 2.40. The van der Waals surface area contributed by atoms with Crippen LogP contribution in [0, 0.1) is 23.2 Å². The van der Waals surface area contributed by atoms with Crippen molar-refractivity contribution in [3.63, 3.8) is 0 Å². The van der Waals surface area contributed by atoms with Gasteiger partial charge in [-0.25, -0.2) is 9.78 Å². The van der Waals surface area contributed by atoms with Gasteiger partial charge in [-0.3, -0.25) is 4.90 Å². The van der Waals surface area contributed by atoms with Crippen LogP contribution in [0.5, 0.6) is 0 Å². The molecule has 1 saturated heterocycles. The monoisotopic (exact) mass is 309 g/mol. The normalized spacial score (nSPS) is 17.3. The van der Waals surface area contributed by atoms with Gasteiger partial charge in [-0.05, 0) is 56.9 Å². The predicted octanol–water partition coefficient (Wildman–Crippen LogP) is 2.87. The SMILES string of the molecule is CCOC(=O)N1CC/C(=C\C#Cc2cc(C#N)ccn2)C1(C)C. The largest absolute Gasteiger partial charge is 0.450 e. The van der Waals surface area contributed by atoms with Crippen LogP contribution in [0.4, 0.5) is 4.79 Å². The van der Waals surface area contributed by atoms with Crippen molar-refractivity contribution in [1.29, 1.82) is 5.26 Å². The van der Waals surface area contributed by atoms with Gasteiger partial charge < -0.3 is 4.74 Å². The fourth-order valence-electron chi connectivity index (χ4n) is 2.53. The van der Waals surface area contributed by atoms with Gasteiger partial charge in [0.2, 0.25) is 0 Å². The lowest BCUT2D eigenvalue weighted by Crippen LogP contribution is -2.43. The summed E-state index contributed by atoms with van der Waals surface area (Å²) in [5, 5.41) is 8.87. The average Bonchev–Trinajstić information content (AvgIpc) is 2.82. The number of carbonyl (C=O) groups is 1. The minimum Gasteiger partial charge on any atom is -0.450 e. The molecule has 0 radical (unpaired) electrons. The first kappa shape index (κ1) is 16.6. The Morgan fingerprint density at radius 1 is 1.57 bits per heavy atom. The van der Waals surface area contributed by atoms with E-state index in [0.29, 0.717) is 24.4 Å². The number of allylic oxidation sites excluding steroid dienone is 1. The topological polar surface area (TPSA) is 66.2 Å². The standard InChI is InChI=1S/C18H19N3O2/c1-4-23-17(22)21-11-9-15(18(21,2)3)6-5-7-16-12-14(13-19)8-10-20-16/h6,8,10,12H,4,9,11H2,1-3H3/b15-6+. The summed E-state index contributed by atoms with van der Waals surface area (Å²) in [7, 11) is 0. The van der Waals surface area contributed by atoms with Crippen LogP contribution in [-0.2, 0) is 4.74 Å². The minimum atomic E-state index is -0.414. The first-order chi connectivity index (χ1) is 11.0. The molecular formula is C18H19N3O2. The van der Waals surface area contributed by atoms with E-state index in [2.05, 4.69) is 22.9 Å². The Bertz CT molecular complexity index is 733. The Hall–Kier alpha value is -2.79. The molecule has 0 N–H and O–H groups in total. The zero-order chi connectivity index (χ0) is 16.9. The third-order valence-electron chi connectivity index (χ3n) is 3.89. The van der Waals surface area contributed by atoms with Gasteiger partial charge in [0.05, 0.1) is 23.8 Å². The number of hydrogen-bond acceptors (Lipinski definition) is 4. The van der Waals surface area contributed by atoms with Gasteiger partial charge in [0.15, 0.2) is 0 Å². The first-order valence-electron chi connectivity index (χ1n) is 7.50. The number of likely N-dealkylation sites (tertiary alicyclic amines) is 1. The van der Waals surface area contributed by atoms with Crippen LogP contribution in [0.2, 0.25) is 0 Å². The summed E-state index contributed by atoms with van der Waals surface area (Å²) in [6.45, 7) is 6.76. The third kappa shape index (κ3) is 3.70. The van der Waals surface area contributed by atoms with E-state index in [1.807, 2.05) is 19.9 Å². The highest BCUT2D eigenvalue weighted by molar-refractivity contribution is 5.70. The second kappa shape index (κ2) is 6.98. The summed E-state index contributed by atoms with van der Waals surface area (Å²) < 4.78 is 5.09. The number of nitriles is 1. The summed E-state index contributed by atoms with van der Waals surface area (Å²) in [6, 6.07) is 5.35. The maximum Gasteiger partial charge on any atom is 0.410 e. The number of amides is 1. The van der Waals surface area contributed by atoms with Crippen LogP contribution >= 0.6 is 0 Å². The molecule has 1 amide bonds. The molecule has 2 heterocycles. The zero-order valence-corrected chi connectivity index (χ0v) is 13.6. The van der Waals surface area contributed by atoms with Crippen LogP contribution < -0.4 is 0 Å². The lowest BCUT2D eigenvalue weighted by molar-refractivity contribution is 0.0902. The molecule has 0 aliphatic carbocycles. The molecule has 1 aromatic heterocycles.